The van der Waals surface area contributed by atoms with E-state index in [4.69, 9.17) is 16.5 Å². The van der Waals surface area contributed by atoms with Crippen LogP contribution in [-0.2, 0) is 16.5 Å². The van der Waals surface area contributed by atoms with Gasteiger partial charge in [0, 0.05) is 0 Å². The number of rotatable bonds is 13. The van der Waals surface area contributed by atoms with Gasteiger partial charge in [0.05, 0.1) is 0 Å². The van der Waals surface area contributed by atoms with Crippen molar-refractivity contribution in [3.05, 3.63) is 0 Å². The van der Waals surface area contributed by atoms with Crippen LogP contribution in [0.3, 0.4) is 0 Å². The summed E-state index contributed by atoms with van der Waals surface area (Å²) in [7, 11) is -10.2. The van der Waals surface area contributed by atoms with E-state index < -0.39 is 42.3 Å². The van der Waals surface area contributed by atoms with E-state index in [9.17, 15) is 0 Å². The molecule has 9 heteroatoms. The van der Waals surface area contributed by atoms with Crippen LogP contribution in [-0.4, -0.2) is 42.3 Å². The molecule has 0 aliphatic carbocycles. The smallest absolute Gasteiger partial charge is 0.317 e. The van der Waals surface area contributed by atoms with Crippen molar-refractivity contribution in [1.29, 1.82) is 0 Å². The minimum atomic E-state index is -2.36. The van der Waals surface area contributed by atoms with E-state index in [0.717, 1.165) is 31.4 Å². The normalized spacial score (nSPS) is 18.5. The first kappa shape index (κ1) is 26.9. The number of unbranched alkanes of at least 4 members (excludes halogenated alkanes) is 1. The maximum atomic E-state index is 6.93. The largest absolute Gasteiger partial charge is 0.437 e. The van der Waals surface area contributed by atoms with Gasteiger partial charge in [-0.1, -0.05) is 33.1 Å². The molecule has 0 aliphatic rings. The summed E-state index contributed by atoms with van der Waals surface area (Å²) in [5.74, 6) is 0. The van der Waals surface area contributed by atoms with Crippen LogP contribution in [0, 0.1) is 0 Å². The van der Waals surface area contributed by atoms with Gasteiger partial charge in [0.15, 0.2) is 16.6 Å². The highest BCUT2D eigenvalue weighted by Gasteiger charge is 2.48. The lowest BCUT2D eigenvalue weighted by Gasteiger charge is -2.44. The Labute approximate surface area is 169 Å². The van der Waals surface area contributed by atoms with Crippen LogP contribution in [0.2, 0.25) is 77.6 Å². The summed E-state index contributed by atoms with van der Waals surface area (Å²) in [6, 6.07) is 2.06. The van der Waals surface area contributed by atoms with Crippen molar-refractivity contribution in [2.24, 2.45) is 0 Å². The molecule has 0 saturated heterocycles. The quantitative estimate of drug-likeness (QED) is 0.287. The van der Waals surface area contributed by atoms with Gasteiger partial charge < -0.3 is 16.5 Å². The van der Waals surface area contributed by atoms with E-state index in [1.165, 1.54) is 0 Å². The van der Waals surface area contributed by atoms with Crippen LogP contribution in [0.25, 0.3) is 0 Å². The Bertz CT molecular complexity index is 422. The predicted molar refractivity (Wildman–Crippen MR) is 127 cm³/mol. The van der Waals surface area contributed by atoms with Gasteiger partial charge in [-0.2, -0.15) is 0 Å². The molecule has 0 amide bonds. The molecule has 0 aromatic heterocycles. The maximum Gasteiger partial charge on any atom is 0.317 e. The fraction of sp³-hybridized carbons (Fsp3) is 1.00. The van der Waals surface area contributed by atoms with E-state index in [2.05, 4.69) is 79.3 Å². The molecule has 0 N–H and O–H groups in total. The van der Waals surface area contributed by atoms with Crippen LogP contribution in [0.4, 0.5) is 0 Å². The summed E-state index contributed by atoms with van der Waals surface area (Å²) in [6.45, 7) is 26.8. The Balaban J connectivity index is 5.53. The van der Waals surface area contributed by atoms with Crippen molar-refractivity contribution in [3.63, 3.8) is 0 Å². The first-order chi connectivity index (χ1) is 11.4. The van der Waals surface area contributed by atoms with Crippen LogP contribution in [0.15, 0.2) is 0 Å². The van der Waals surface area contributed by atoms with Crippen molar-refractivity contribution >= 4 is 42.3 Å². The molecule has 0 radical (unpaired) electrons. The van der Waals surface area contributed by atoms with Gasteiger partial charge in [-0.3, -0.25) is 0 Å². The van der Waals surface area contributed by atoms with E-state index in [0.29, 0.717) is 0 Å². The summed E-state index contributed by atoms with van der Waals surface area (Å²) >= 11 is 0. The van der Waals surface area contributed by atoms with Crippen LogP contribution in [0.1, 0.15) is 33.1 Å². The lowest BCUT2D eigenvalue weighted by Crippen LogP contribution is -2.60. The molecular formula is C17H46O4Si5. The molecule has 0 aromatic carbocycles. The van der Waals surface area contributed by atoms with E-state index in [-0.39, 0.29) is 0 Å². The fourth-order valence-electron chi connectivity index (χ4n) is 3.58. The lowest BCUT2D eigenvalue weighted by atomic mass is 10.4. The summed E-state index contributed by atoms with van der Waals surface area (Å²) in [4.78, 5) is 0. The molecule has 2 atom stereocenters. The topological polar surface area (TPSA) is 36.9 Å². The molecule has 0 aromatic rings. The van der Waals surface area contributed by atoms with Crippen molar-refractivity contribution < 1.29 is 16.5 Å². The average molecular weight is 455 g/mol. The zero-order valence-corrected chi connectivity index (χ0v) is 24.7. The highest BCUT2D eigenvalue weighted by molar-refractivity contribution is 6.90. The highest BCUT2D eigenvalue weighted by Crippen LogP contribution is 2.31. The average Bonchev–Trinajstić information content (AvgIpc) is 2.29. The van der Waals surface area contributed by atoms with Gasteiger partial charge in [-0.05, 0) is 77.6 Å². The monoisotopic (exact) mass is 454 g/mol. The summed E-state index contributed by atoms with van der Waals surface area (Å²) in [5.41, 5.74) is 0. The van der Waals surface area contributed by atoms with Gasteiger partial charge in [0.2, 0.25) is 0 Å². The molecule has 26 heavy (non-hydrogen) atoms. The molecule has 2 unspecified atom stereocenters. The lowest BCUT2D eigenvalue weighted by molar-refractivity contribution is 0.287. The SMILES string of the molecule is CCCC[Si](C)(O[Si](C)(C)O[Si](C)(C)C)O[Si](C)(CCC)O[Si](C)(C)C. The molecule has 0 spiro atoms. The van der Waals surface area contributed by atoms with Crippen molar-refractivity contribution in [2.45, 2.75) is 111 Å². The second-order valence-corrected chi connectivity index (χ2v) is 30.2. The first-order valence-electron chi connectivity index (χ1n) is 10.3. The molecular weight excluding hydrogens is 409 g/mol. The van der Waals surface area contributed by atoms with Gasteiger partial charge >= 0.3 is 25.7 Å². The predicted octanol–water partition coefficient (Wildman–Crippen LogP) is 6.78. The molecule has 0 bridgehead atoms. The first-order valence-corrected chi connectivity index (χ1v) is 24.9. The molecule has 0 fully saturated rings. The fourth-order valence-corrected chi connectivity index (χ4v) is 27.6. The van der Waals surface area contributed by atoms with Crippen molar-refractivity contribution in [2.75, 3.05) is 0 Å². The van der Waals surface area contributed by atoms with E-state index in [1.807, 2.05) is 0 Å². The minimum absolute atomic E-state index is 1.02. The van der Waals surface area contributed by atoms with Gasteiger partial charge in [0.25, 0.3) is 0 Å². The highest BCUT2D eigenvalue weighted by atomic mass is 28.5. The second-order valence-electron chi connectivity index (χ2n) is 10.2. The molecule has 0 saturated carbocycles. The van der Waals surface area contributed by atoms with Crippen molar-refractivity contribution in [3.8, 4) is 0 Å². The maximum absolute atomic E-state index is 6.93. The number of hydrogen-bond acceptors (Lipinski definition) is 4. The summed E-state index contributed by atoms with van der Waals surface area (Å²) in [5, 5.41) is 0. The van der Waals surface area contributed by atoms with Gasteiger partial charge in [-0.25, -0.2) is 0 Å². The Morgan fingerprint density at radius 1 is 0.500 bits per heavy atom. The van der Waals surface area contributed by atoms with Crippen LogP contribution < -0.4 is 0 Å². The van der Waals surface area contributed by atoms with Crippen LogP contribution >= 0.6 is 0 Å². The zero-order chi connectivity index (χ0) is 20.9. The summed E-state index contributed by atoms with van der Waals surface area (Å²) in [6.07, 6.45) is 3.40. The van der Waals surface area contributed by atoms with E-state index in [1.54, 1.807) is 0 Å². The molecule has 0 aliphatic heterocycles. The third-order valence-corrected chi connectivity index (χ3v) is 22.1. The van der Waals surface area contributed by atoms with Crippen molar-refractivity contribution in [1.82, 2.24) is 0 Å². The standard InChI is InChI=1S/C17H46O4Si5/c1-13-15-17-26(12,20-24(9,10)18-22(3,4)5)21-25(11,16-14-2)19-23(6,7)8/h13-17H2,1-12H3. The number of hydrogen-bond donors (Lipinski definition) is 0. The molecule has 0 heterocycles. The van der Waals surface area contributed by atoms with Gasteiger partial charge in [0.1, 0.15) is 0 Å². The van der Waals surface area contributed by atoms with E-state index >= 15 is 0 Å². The Morgan fingerprint density at radius 2 is 0.962 bits per heavy atom. The zero-order valence-electron chi connectivity index (χ0n) is 19.7. The second kappa shape index (κ2) is 10.1. The van der Waals surface area contributed by atoms with Gasteiger partial charge in [-0.15, -0.1) is 0 Å². The van der Waals surface area contributed by atoms with Crippen LogP contribution in [0.5, 0.6) is 0 Å². The molecule has 4 nitrogen and oxygen atoms in total. The minimum Gasteiger partial charge on any atom is -0.437 e. The Morgan fingerprint density at radius 3 is 1.35 bits per heavy atom. The summed E-state index contributed by atoms with van der Waals surface area (Å²) < 4.78 is 26.9. The third kappa shape index (κ3) is 12.4. The molecule has 158 valence electrons. The Kier molecular flexibility index (Phi) is 10.5. The molecule has 0 rings (SSSR count). The third-order valence-electron chi connectivity index (χ3n) is 3.66. The Hall–Kier alpha value is 0.924.